The number of aromatic nitrogens is 2. The molecule has 0 aliphatic heterocycles. The Morgan fingerprint density at radius 3 is 2.00 bits per heavy atom. The summed E-state index contributed by atoms with van der Waals surface area (Å²) in [6, 6.07) is 15.4. The number of nitrogen functional groups attached to an aromatic ring is 1. The summed E-state index contributed by atoms with van der Waals surface area (Å²) in [7, 11) is 0. The maximum Gasteiger partial charge on any atom is 0.200 e. The highest BCUT2D eigenvalue weighted by Gasteiger charge is 2.27. The first-order valence-electron chi connectivity index (χ1n) is 9.75. The number of nitrogens with zero attached hydrogens (tertiary/aromatic N) is 2. The molecule has 4 N–H and O–H groups in total. The third-order valence-electron chi connectivity index (χ3n) is 4.67. The van der Waals surface area contributed by atoms with Crippen molar-refractivity contribution in [1.29, 1.82) is 5.41 Å². The van der Waals surface area contributed by atoms with Crippen LogP contribution in [-0.2, 0) is 0 Å². The van der Waals surface area contributed by atoms with Gasteiger partial charge in [-0.25, -0.2) is 31.9 Å². The van der Waals surface area contributed by atoms with Gasteiger partial charge in [0, 0.05) is 5.56 Å². The van der Waals surface area contributed by atoms with Gasteiger partial charge in [0.05, 0.1) is 11.3 Å². The standard InChI is InChI=1S/C23H14F5N5OS/c24-15-16(25)18(27)21(19(28)17(15)26)35-33-23-14(22(30)31-10-32-23)20(29)11-6-8-13(9-7-11)34-12-4-2-1-3-5-12/h1-10,29H,(H3,30,31,32,33). The molecule has 0 radical (unpaired) electrons. The average Bonchev–Trinajstić information content (AvgIpc) is 2.87. The Balaban J connectivity index is 1.59. The summed E-state index contributed by atoms with van der Waals surface area (Å²) in [6.07, 6.45) is 1.02. The lowest BCUT2D eigenvalue weighted by atomic mass is 10.0. The molecule has 0 saturated heterocycles. The number of nitrogens with two attached hydrogens (primary N) is 1. The van der Waals surface area contributed by atoms with Gasteiger partial charge >= 0.3 is 0 Å². The van der Waals surface area contributed by atoms with Crippen molar-refractivity contribution in [2.75, 3.05) is 10.5 Å². The number of nitrogens with one attached hydrogen (secondary N) is 2. The Labute approximate surface area is 199 Å². The molecule has 0 aliphatic rings. The Kier molecular flexibility index (Phi) is 6.82. The van der Waals surface area contributed by atoms with E-state index < -0.39 is 34.0 Å². The minimum Gasteiger partial charge on any atom is -0.457 e. The van der Waals surface area contributed by atoms with E-state index >= 15 is 0 Å². The molecule has 35 heavy (non-hydrogen) atoms. The quantitative estimate of drug-likeness (QED) is 0.0930. The van der Waals surface area contributed by atoms with Crippen LogP contribution in [0.3, 0.4) is 0 Å². The Hall–Kier alpha value is -4.19. The van der Waals surface area contributed by atoms with Gasteiger partial charge in [-0.1, -0.05) is 18.2 Å². The van der Waals surface area contributed by atoms with E-state index in [0.717, 1.165) is 6.33 Å². The maximum atomic E-state index is 14.0. The van der Waals surface area contributed by atoms with Crippen LogP contribution in [0.2, 0.25) is 0 Å². The summed E-state index contributed by atoms with van der Waals surface area (Å²) >= 11 is 0.0938. The highest BCUT2D eigenvalue weighted by molar-refractivity contribution is 8.00. The number of anilines is 2. The third kappa shape index (κ3) is 4.87. The van der Waals surface area contributed by atoms with Crippen molar-refractivity contribution in [2.45, 2.75) is 4.90 Å². The van der Waals surface area contributed by atoms with E-state index in [1.54, 1.807) is 36.4 Å². The molecule has 0 bridgehead atoms. The highest BCUT2D eigenvalue weighted by atomic mass is 32.2. The number of ether oxygens (including phenoxy) is 1. The van der Waals surface area contributed by atoms with Crippen molar-refractivity contribution < 1.29 is 26.7 Å². The second-order valence-corrected chi connectivity index (χ2v) is 7.72. The van der Waals surface area contributed by atoms with Crippen LogP contribution in [-0.4, -0.2) is 15.7 Å². The van der Waals surface area contributed by atoms with Crippen molar-refractivity contribution in [3.8, 4) is 11.5 Å². The summed E-state index contributed by atoms with van der Waals surface area (Å²) in [4.78, 5) is 6.56. The highest BCUT2D eigenvalue weighted by Crippen LogP contribution is 2.33. The first-order chi connectivity index (χ1) is 16.8. The molecule has 0 aliphatic carbocycles. The average molecular weight is 503 g/mol. The maximum absolute atomic E-state index is 14.0. The molecule has 4 rings (SSSR count). The smallest absolute Gasteiger partial charge is 0.200 e. The fraction of sp³-hybridized carbons (Fsp3) is 0. The van der Waals surface area contributed by atoms with Crippen molar-refractivity contribution in [1.82, 2.24) is 9.97 Å². The summed E-state index contributed by atoms with van der Waals surface area (Å²) < 4.78 is 76.4. The van der Waals surface area contributed by atoms with Crippen LogP contribution >= 0.6 is 11.9 Å². The molecule has 4 aromatic rings. The van der Waals surface area contributed by atoms with Crippen LogP contribution in [0, 0.1) is 34.5 Å². The number of halogens is 5. The van der Waals surface area contributed by atoms with Crippen molar-refractivity contribution >= 4 is 29.3 Å². The number of hydrogen-bond donors (Lipinski definition) is 3. The van der Waals surface area contributed by atoms with Gasteiger partial charge in [-0.15, -0.1) is 0 Å². The van der Waals surface area contributed by atoms with E-state index in [1.807, 2.05) is 18.2 Å². The van der Waals surface area contributed by atoms with Gasteiger partial charge in [-0.2, -0.15) is 0 Å². The summed E-state index contributed by atoms with van der Waals surface area (Å²) in [5.74, 6) is -9.63. The van der Waals surface area contributed by atoms with E-state index in [4.69, 9.17) is 15.9 Å². The third-order valence-corrected chi connectivity index (χ3v) is 5.53. The Morgan fingerprint density at radius 2 is 1.37 bits per heavy atom. The second kappa shape index (κ2) is 9.97. The fourth-order valence-corrected chi connectivity index (χ4v) is 3.67. The Morgan fingerprint density at radius 1 is 0.800 bits per heavy atom. The largest absolute Gasteiger partial charge is 0.457 e. The summed E-state index contributed by atoms with van der Waals surface area (Å²) in [5, 5.41) is 8.54. The predicted molar refractivity (Wildman–Crippen MR) is 121 cm³/mol. The molecule has 0 amide bonds. The molecule has 0 unspecified atom stereocenters. The van der Waals surface area contributed by atoms with Gasteiger partial charge in [0.15, 0.2) is 29.1 Å². The van der Waals surface area contributed by atoms with Crippen LogP contribution in [0.4, 0.5) is 33.6 Å². The molecule has 0 saturated carbocycles. The SMILES string of the molecule is N=C(c1ccc(Oc2ccccc2)cc1)c1c(N)ncnc1NSc1c(F)c(F)c(F)c(F)c1F. The number of benzene rings is 3. The molecular weight excluding hydrogens is 489 g/mol. The zero-order valence-corrected chi connectivity index (χ0v) is 18.3. The zero-order chi connectivity index (χ0) is 25.1. The molecule has 6 nitrogen and oxygen atoms in total. The first kappa shape index (κ1) is 24.0. The van der Waals surface area contributed by atoms with E-state index in [1.165, 1.54) is 0 Å². The number of para-hydroxylation sites is 1. The van der Waals surface area contributed by atoms with Gasteiger partial charge in [0.25, 0.3) is 0 Å². The van der Waals surface area contributed by atoms with Crippen LogP contribution in [0.15, 0.2) is 65.8 Å². The second-order valence-electron chi connectivity index (χ2n) is 6.90. The minimum atomic E-state index is -2.27. The summed E-state index contributed by atoms with van der Waals surface area (Å²) in [5.41, 5.74) is 6.08. The number of rotatable bonds is 7. The number of hydrogen-bond acceptors (Lipinski definition) is 7. The van der Waals surface area contributed by atoms with E-state index in [0.29, 0.717) is 17.1 Å². The Bertz CT molecular complexity index is 1380. The molecule has 1 aromatic heterocycles. The molecule has 12 heteroatoms. The lowest BCUT2D eigenvalue weighted by molar-refractivity contribution is 0.361. The van der Waals surface area contributed by atoms with E-state index in [2.05, 4.69) is 14.7 Å². The predicted octanol–water partition coefficient (Wildman–Crippen LogP) is 6.08. The topological polar surface area (TPSA) is 96.9 Å². The van der Waals surface area contributed by atoms with Gasteiger partial charge in [-0.05, 0) is 48.3 Å². The van der Waals surface area contributed by atoms with E-state index in [9.17, 15) is 22.0 Å². The molecule has 178 valence electrons. The molecule has 1 heterocycles. The lowest BCUT2D eigenvalue weighted by Crippen LogP contribution is -2.12. The molecule has 0 spiro atoms. The van der Waals surface area contributed by atoms with Crippen LogP contribution in [0.1, 0.15) is 11.1 Å². The van der Waals surface area contributed by atoms with Crippen LogP contribution in [0.25, 0.3) is 0 Å². The van der Waals surface area contributed by atoms with E-state index in [-0.39, 0.29) is 34.9 Å². The normalized spacial score (nSPS) is 10.8. The molecule has 3 aromatic carbocycles. The minimum absolute atomic E-state index is 0.0411. The molecule has 0 fully saturated rings. The van der Waals surface area contributed by atoms with Gasteiger partial charge in [-0.3, -0.25) is 5.41 Å². The fourth-order valence-electron chi connectivity index (χ4n) is 2.96. The van der Waals surface area contributed by atoms with Gasteiger partial charge < -0.3 is 15.2 Å². The van der Waals surface area contributed by atoms with Crippen molar-refractivity contribution in [2.24, 2.45) is 0 Å². The molecular formula is C23H14F5N5OS. The lowest BCUT2D eigenvalue weighted by Gasteiger charge is -2.14. The van der Waals surface area contributed by atoms with Gasteiger partial charge in [0.1, 0.15) is 28.5 Å². The van der Waals surface area contributed by atoms with Crippen molar-refractivity contribution in [3.05, 3.63) is 101 Å². The zero-order valence-electron chi connectivity index (χ0n) is 17.5. The summed E-state index contributed by atoms with van der Waals surface area (Å²) in [6.45, 7) is 0. The van der Waals surface area contributed by atoms with Crippen molar-refractivity contribution in [3.63, 3.8) is 0 Å². The monoisotopic (exact) mass is 503 g/mol. The first-order valence-corrected chi connectivity index (χ1v) is 10.6. The van der Waals surface area contributed by atoms with Crippen LogP contribution in [0.5, 0.6) is 11.5 Å². The molecule has 0 atom stereocenters. The van der Waals surface area contributed by atoms with Gasteiger partial charge in [0.2, 0.25) is 5.82 Å². The van der Waals surface area contributed by atoms with Crippen LogP contribution < -0.4 is 15.2 Å².